The molecule has 0 aromatic carbocycles. The summed E-state index contributed by atoms with van der Waals surface area (Å²) in [7, 11) is 0. The Hall–Kier alpha value is -0.160. The van der Waals surface area contributed by atoms with Crippen LogP contribution in [-0.4, -0.2) is 46.3 Å². The second-order valence-corrected chi connectivity index (χ2v) is 2.96. The van der Waals surface area contributed by atoms with Crippen molar-refractivity contribution in [1.82, 2.24) is 0 Å². The second kappa shape index (κ2) is 3.49. The second-order valence-electron chi connectivity index (χ2n) is 2.96. The number of ether oxygens (including phenoxy) is 1. The van der Waals surface area contributed by atoms with E-state index >= 15 is 0 Å². The van der Waals surface area contributed by atoms with E-state index in [2.05, 4.69) is 0 Å². The van der Waals surface area contributed by atoms with E-state index in [9.17, 15) is 10.2 Å². The Morgan fingerprint density at radius 1 is 1.45 bits per heavy atom. The van der Waals surface area contributed by atoms with Gasteiger partial charge in [-0.1, -0.05) is 0 Å². The molecule has 4 nitrogen and oxygen atoms in total. The predicted octanol–water partition coefficient (Wildman–Crippen LogP) is -1.12. The van der Waals surface area contributed by atoms with Crippen LogP contribution >= 0.6 is 0 Å². The number of aliphatic hydroxyl groups is 3. The number of hydrogen-bond acceptors (Lipinski definition) is 4. The average molecular weight is 162 g/mol. The van der Waals surface area contributed by atoms with Crippen molar-refractivity contribution in [2.24, 2.45) is 0 Å². The highest BCUT2D eigenvalue weighted by atomic mass is 16.5. The van der Waals surface area contributed by atoms with Crippen LogP contribution < -0.4 is 0 Å². The Bertz CT molecular complexity index is 128. The maximum absolute atomic E-state index is 9.22. The first-order valence-corrected chi connectivity index (χ1v) is 3.77. The molecular weight excluding hydrogens is 148 g/mol. The molecule has 1 saturated heterocycles. The van der Waals surface area contributed by atoms with E-state index in [-0.39, 0.29) is 12.7 Å². The zero-order valence-electron chi connectivity index (χ0n) is 6.47. The maximum Gasteiger partial charge on any atom is 0.109 e. The molecule has 0 radical (unpaired) electrons. The van der Waals surface area contributed by atoms with Crippen LogP contribution in [0.5, 0.6) is 0 Å². The minimum atomic E-state index is -0.948. The molecule has 1 aliphatic rings. The summed E-state index contributed by atoms with van der Waals surface area (Å²) in [6.45, 7) is 1.56. The van der Waals surface area contributed by atoms with Gasteiger partial charge in [-0.3, -0.25) is 0 Å². The van der Waals surface area contributed by atoms with Crippen LogP contribution in [0, 0.1) is 0 Å². The van der Waals surface area contributed by atoms with E-state index in [0.717, 1.165) is 0 Å². The zero-order valence-corrected chi connectivity index (χ0v) is 6.47. The van der Waals surface area contributed by atoms with E-state index in [1.165, 1.54) is 0 Å². The van der Waals surface area contributed by atoms with Gasteiger partial charge in [0.25, 0.3) is 0 Å². The lowest BCUT2D eigenvalue weighted by atomic mass is 9.99. The van der Waals surface area contributed by atoms with Crippen molar-refractivity contribution in [2.45, 2.75) is 37.8 Å². The fourth-order valence-corrected chi connectivity index (χ4v) is 1.31. The Morgan fingerprint density at radius 2 is 2.09 bits per heavy atom. The molecule has 0 aromatic rings. The molecule has 0 aliphatic carbocycles. The largest absolute Gasteiger partial charge is 0.394 e. The van der Waals surface area contributed by atoms with E-state index < -0.39 is 18.3 Å². The van der Waals surface area contributed by atoms with Crippen molar-refractivity contribution in [2.75, 3.05) is 6.61 Å². The summed E-state index contributed by atoms with van der Waals surface area (Å²) in [5, 5.41) is 27.1. The van der Waals surface area contributed by atoms with Gasteiger partial charge in [-0.05, 0) is 6.92 Å². The lowest BCUT2D eigenvalue weighted by Crippen LogP contribution is -2.49. The summed E-state index contributed by atoms with van der Waals surface area (Å²) in [6.07, 6.45) is -2.01. The minimum absolute atomic E-state index is 0.0921. The third-order valence-corrected chi connectivity index (χ3v) is 1.94. The van der Waals surface area contributed by atoms with Crippen LogP contribution in [0.25, 0.3) is 0 Å². The number of rotatable bonds is 1. The lowest BCUT2D eigenvalue weighted by molar-refractivity contribution is -0.174. The fraction of sp³-hybridized carbons (Fsp3) is 1.00. The summed E-state index contributed by atoms with van der Waals surface area (Å²) < 4.78 is 5.16. The van der Waals surface area contributed by atoms with E-state index in [1.54, 1.807) is 6.92 Å². The zero-order chi connectivity index (χ0) is 8.43. The van der Waals surface area contributed by atoms with Crippen molar-refractivity contribution in [3.05, 3.63) is 0 Å². The van der Waals surface area contributed by atoms with Crippen LogP contribution in [0.1, 0.15) is 13.3 Å². The first-order chi connectivity index (χ1) is 5.15. The fourth-order valence-electron chi connectivity index (χ4n) is 1.31. The highest BCUT2D eigenvalue weighted by molar-refractivity contribution is 4.83. The molecule has 1 fully saturated rings. The standard InChI is InChI=1S/C7H14O4/c1-4-2-5(9)7(10)6(3-8)11-4/h4-10H,2-3H2,1H3/t4?,5?,6-,7+/m1/s1. The van der Waals surface area contributed by atoms with Crippen LogP contribution in [0.2, 0.25) is 0 Å². The van der Waals surface area contributed by atoms with Crippen molar-refractivity contribution in [3.8, 4) is 0 Å². The molecule has 66 valence electrons. The van der Waals surface area contributed by atoms with Gasteiger partial charge in [0.1, 0.15) is 12.2 Å². The van der Waals surface area contributed by atoms with Gasteiger partial charge >= 0.3 is 0 Å². The topological polar surface area (TPSA) is 69.9 Å². The van der Waals surface area contributed by atoms with Crippen LogP contribution in [0.3, 0.4) is 0 Å². The molecule has 1 rings (SSSR count). The highest BCUT2D eigenvalue weighted by Gasteiger charge is 2.34. The molecule has 3 N–H and O–H groups in total. The van der Waals surface area contributed by atoms with Gasteiger partial charge in [0, 0.05) is 6.42 Å². The molecule has 1 heterocycles. The minimum Gasteiger partial charge on any atom is -0.394 e. The third kappa shape index (κ3) is 1.90. The molecule has 0 bridgehead atoms. The van der Waals surface area contributed by atoms with E-state index in [0.29, 0.717) is 6.42 Å². The molecule has 0 spiro atoms. The molecule has 4 atom stereocenters. The molecule has 1 aliphatic heterocycles. The van der Waals surface area contributed by atoms with E-state index in [1.807, 2.05) is 0 Å². The normalized spacial score (nSPS) is 45.8. The first kappa shape index (κ1) is 8.93. The van der Waals surface area contributed by atoms with Crippen molar-refractivity contribution in [3.63, 3.8) is 0 Å². The third-order valence-electron chi connectivity index (χ3n) is 1.94. The monoisotopic (exact) mass is 162 g/mol. The summed E-state index contributed by atoms with van der Waals surface area (Å²) >= 11 is 0. The average Bonchev–Trinajstić information content (AvgIpc) is 1.96. The quantitative estimate of drug-likeness (QED) is 0.456. The highest BCUT2D eigenvalue weighted by Crippen LogP contribution is 2.19. The van der Waals surface area contributed by atoms with Gasteiger partial charge in [-0.15, -0.1) is 0 Å². The van der Waals surface area contributed by atoms with Gasteiger partial charge in [-0.2, -0.15) is 0 Å². The smallest absolute Gasteiger partial charge is 0.109 e. The summed E-state index contributed by atoms with van der Waals surface area (Å²) in [6, 6.07) is 0. The van der Waals surface area contributed by atoms with Gasteiger partial charge < -0.3 is 20.1 Å². The predicted molar refractivity (Wildman–Crippen MR) is 38.1 cm³/mol. The van der Waals surface area contributed by atoms with Crippen molar-refractivity contribution < 1.29 is 20.1 Å². The molecule has 0 saturated carbocycles. The Kier molecular flexibility index (Phi) is 2.84. The lowest BCUT2D eigenvalue weighted by Gasteiger charge is -2.34. The first-order valence-electron chi connectivity index (χ1n) is 3.77. The molecular formula is C7H14O4. The van der Waals surface area contributed by atoms with Gasteiger partial charge in [0.15, 0.2) is 0 Å². The maximum atomic E-state index is 9.22. The molecule has 4 heteroatoms. The van der Waals surface area contributed by atoms with Crippen LogP contribution in [0.4, 0.5) is 0 Å². The van der Waals surface area contributed by atoms with Crippen LogP contribution in [-0.2, 0) is 4.74 Å². The number of aliphatic hydroxyl groups excluding tert-OH is 3. The number of hydrogen-bond donors (Lipinski definition) is 3. The molecule has 0 aromatic heterocycles. The van der Waals surface area contributed by atoms with Gasteiger partial charge in [0.05, 0.1) is 18.8 Å². The Morgan fingerprint density at radius 3 is 2.64 bits per heavy atom. The summed E-state index contributed by atoms with van der Waals surface area (Å²) in [5.74, 6) is 0. The van der Waals surface area contributed by atoms with Gasteiger partial charge in [0.2, 0.25) is 0 Å². The summed E-state index contributed by atoms with van der Waals surface area (Å²) in [4.78, 5) is 0. The van der Waals surface area contributed by atoms with E-state index in [4.69, 9.17) is 9.84 Å². The van der Waals surface area contributed by atoms with Gasteiger partial charge in [-0.25, -0.2) is 0 Å². The van der Waals surface area contributed by atoms with Crippen molar-refractivity contribution in [1.29, 1.82) is 0 Å². The Balaban J connectivity index is 2.51. The molecule has 2 unspecified atom stereocenters. The Labute approximate surface area is 65.4 Å². The molecule has 0 amide bonds. The SMILES string of the molecule is CC1CC(O)[C@H](O)[C@@H](CO)O1. The summed E-state index contributed by atoms with van der Waals surface area (Å²) in [5.41, 5.74) is 0. The molecule has 11 heavy (non-hydrogen) atoms. The van der Waals surface area contributed by atoms with Crippen LogP contribution in [0.15, 0.2) is 0 Å². The van der Waals surface area contributed by atoms with Crippen molar-refractivity contribution >= 4 is 0 Å².